The lowest BCUT2D eigenvalue weighted by Crippen LogP contribution is -2.22. The lowest BCUT2D eigenvalue weighted by atomic mass is 10.1. The van der Waals surface area contributed by atoms with Crippen molar-refractivity contribution in [1.82, 2.24) is 10.3 Å². The molecule has 20 heavy (non-hydrogen) atoms. The number of unbranched alkanes of at least 4 members (excludes halogenated alkanes) is 5. The maximum Gasteiger partial charge on any atom is 0.217 e. The molecule has 0 saturated carbocycles. The molecule has 0 atom stereocenters. The largest absolute Gasteiger partial charge is 0.477 e. The third-order valence-electron chi connectivity index (χ3n) is 3.29. The Labute approximate surface area is 124 Å². The van der Waals surface area contributed by atoms with E-state index in [9.17, 15) is 0 Å². The molecule has 0 bridgehead atoms. The molecule has 0 spiro atoms. The third kappa shape index (κ3) is 7.49. The fraction of sp³-hybridized carbons (Fsp3) is 0.706. The van der Waals surface area contributed by atoms with Gasteiger partial charge in [0.1, 0.15) is 0 Å². The van der Waals surface area contributed by atoms with E-state index >= 15 is 0 Å². The monoisotopic (exact) mass is 278 g/mol. The van der Waals surface area contributed by atoms with Crippen LogP contribution in [0, 0.1) is 0 Å². The lowest BCUT2D eigenvalue weighted by molar-refractivity contribution is 0.289. The number of hydrogen-bond acceptors (Lipinski definition) is 3. The molecule has 1 rings (SSSR count). The molecule has 1 N–H and O–H groups in total. The molecule has 0 aliphatic carbocycles. The molecule has 1 aromatic rings. The van der Waals surface area contributed by atoms with Crippen molar-refractivity contribution >= 4 is 0 Å². The molecule has 0 unspecified atom stereocenters. The summed E-state index contributed by atoms with van der Waals surface area (Å²) in [6.07, 6.45) is 9.51. The van der Waals surface area contributed by atoms with Crippen molar-refractivity contribution in [2.45, 2.75) is 71.9 Å². The van der Waals surface area contributed by atoms with Crippen molar-refractivity contribution in [3.05, 3.63) is 23.9 Å². The van der Waals surface area contributed by atoms with E-state index in [4.69, 9.17) is 4.74 Å². The van der Waals surface area contributed by atoms with Gasteiger partial charge >= 0.3 is 0 Å². The van der Waals surface area contributed by atoms with E-state index < -0.39 is 0 Å². The van der Waals surface area contributed by atoms with Gasteiger partial charge in [-0.2, -0.15) is 0 Å². The van der Waals surface area contributed by atoms with Crippen molar-refractivity contribution in [3.63, 3.8) is 0 Å². The predicted octanol–water partition coefficient (Wildman–Crippen LogP) is 4.32. The number of nitrogens with zero attached hydrogens (tertiary/aromatic N) is 1. The minimum Gasteiger partial charge on any atom is -0.477 e. The highest BCUT2D eigenvalue weighted by Gasteiger charge is 2.05. The Morgan fingerprint density at radius 2 is 1.90 bits per heavy atom. The minimum atomic E-state index is 0.474. The summed E-state index contributed by atoms with van der Waals surface area (Å²) in [7, 11) is 0. The van der Waals surface area contributed by atoms with Crippen LogP contribution in [0.3, 0.4) is 0 Å². The van der Waals surface area contributed by atoms with Crippen LogP contribution in [-0.2, 0) is 6.54 Å². The van der Waals surface area contributed by atoms with Gasteiger partial charge in [0.2, 0.25) is 5.88 Å². The third-order valence-corrected chi connectivity index (χ3v) is 3.29. The summed E-state index contributed by atoms with van der Waals surface area (Å²) in [5, 5.41) is 3.41. The molecule has 3 nitrogen and oxygen atoms in total. The normalized spacial score (nSPS) is 11.0. The van der Waals surface area contributed by atoms with E-state index in [0.717, 1.165) is 31.0 Å². The van der Waals surface area contributed by atoms with Gasteiger partial charge in [-0.05, 0) is 12.5 Å². The quantitative estimate of drug-likeness (QED) is 0.612. The zero-order chi connectivity index (χ0) is 14.6. The summed E-state index contributed by atoms with van der Waals surface area (Å²) < 4.78 is 5.82. The summed E-state index contributed by atoms with van der Waals surface area (Å²) in [6, 6.07) is 4.52. The van der Waals surface area contributed by atoms with E-state index in [2.05, 4.69) is 37.1 Å². The number of rotatable bonds is 11. The number of nitrogens with one attached hydrogen (secondary N) is 1. The summed E-state index contributed by atoms with van der Waals surface area (Å²) in [6.45, 7) is 8.13. The van der Waals surface area contributed by atoms with Crippen LogP contribution in [0.5, 0.6) is 5.88 Å². The average molecular weight is 278 g/mol. The molecular weight excluding hydrogens is 248 g/mol. The van der Waals surface area contributed by atoms with Gasteiger partial charge in [0.25, 0.3) is 0 Å². The van der Waals surface area contributed by atoms with Gasteiger partial charge in [0.05, 0.1) is 6.61 Å². The average Bonchev–Trinajstić information content (AvgIpc) is 2.45. The Morgan fingerprint density at radius 3 is 2.65 bits per heavy atom. The highest BCUT2D eigenvalue weighted by Crippen LogP contribution is 2.15. The molecular formula is C17H30N2O. The Morgan fingerprint density at radius 1 is 1.15 bits per heavy atom. The Kier molecular flexibility index (Phi) is 9.05. The van der Waals surface area contributed by atoms with Crippen LogP contribution in [0.15, 0.2) is 18.3 Å². The second-order valence-corrected chi connectivity index (χ2v) is 5.62. The van der Waals surface area contributed by atoms with E-state index in [1.54, 1.807) is 6.20 Å². The van der Waals surface area contributed by atoms with Crippen LogP contribution in [0.1, 0.15) is 64.9 Å². The van der Waals surface area contributed by atoms with Gasteiger partial charge < -0.3 is 10.1 Å². The first-order valence-corrected chi connectivity index (χ1v) is 8.04. The van der Waals surface area contributed by atoms with Crippen LogP contribution in [0.4, 0.5) is 0 Å². The van der Waals surface area contributed by atoms with Gasteiger partial charge in [-0.15, -0.1) is 0 Å². The Balaban J connectivity index is 2.25. The van der Waals surface area contributed by atoms with Gasteiger partial charge in [0.15, 0.2) is 0 Å². The number of pyridine rings is 1. The molecule has 0 amide bonds. The fourth-order valence-electron chi connectivity index (χ4n) is 2.05. The second kappa shape index (κ2) is 10.7. The smallest absolute Gasteiger partial charge is 0.217 e. The summed E-state index contributed by atoms with van der Waals surface area (Å²) >= 11 is 0. The first kappa shape index (κ1) is 17.0. The van der Waals surface area contributed by atoms with Crippen LogP contribution >= 0.6 is 0 Å². The van der Waals surface area contributed by atoms with Gasteiger partial charge in [-0.25, -0.2) is 4.98 Å². The number of hydrogen-bond donors (Lipinski definition) is 1. The van der Waals surface area contributed by atoms with E-state index in [1.807, 2.05) is 6.07 Å². The zero-order valence-electron chi connectivity index (χ0n) is 13.3. The highest BCUT2D eigenvalue weighted by atomic mass is 16.5. The van der Waals surface area contributed by atoms with Crippen molar-refractivity contribution in [1.29, 1.82) is 0 Å². The Bertz CT molecular complexity index is 353. The molecule has 0 aliphatic rings. The predicted molar refractivity (Wildman–Crippen MR) is 85.1 cm³/mol. The van der Waals surface area contributed by atoms with Gasteiger partial charge in [-0.1, -0.05) is 58.9 Å². The van der Waals surface area contributed by atoms with Gasteiger partial charge in [0, 0.05) is 24.3 Å². The second-order valence-electron chi connectivity index (χ2n) is 5.62. The molecule has 114 valence electrons. The topological polar surface area (TPSA) is 34.1 Å². The van der Waals surface area contributed by atoms with Crippen LogP contribution in [0.25, 0.3) is 0 Å². The molecule has 0 fully saturated rings. The molecule has 1 aromatic heterocycles. The van der Waals surface area contributed by atoms with Crippen LogP contribution in [0.2, 0.25) is 0 Å². The van der Waals surface area contributed by atoms with E-state index in [1.165, 1.54) is 32.1 Å². The number of aromatic nitrogens is 1. The first-order valence-electron chi connectivity index (χ1n) is 8.04. The van der Waals surface area contributed by atoms with Crippen molar-refractivity contribution < 1.29 is 4.74 Å². The SMILES string of the molecule is CCCCCCCCOc1ncccc1CNC(C)C. The highest BCUT2D eigenvalue weighted by molar-refractivity contribution is 5.25. The minimum absolute atomic E-state index is 0.474. The standard InChI is InChI=1S/C17H30N2O/c1-4-5-6-7-8-9-13-20-17-16(11-10-12-18-17)14-19-15(2)3/h10-12,15,19H,4-9,13-14H2,1-3H3. The fourth-order valence-corrected chi connectivity index (χ4v) is 2.05. The zero-order valence-corrected chi connectivity index (χ0v) is 13.3. The van der Waals surface area contributed by atoms with Crippen LogP contribution in [-0.4, -0.2) is 17.6 Å². The molecule has 1 heterocycles. The van der Waals surface area contributed by atoms with Crippen molar-refractivity contribution in [2.75, 3.05) is 6.61 Å². The maximum atomic E-state index is 5.82. The maximum absolute atomic E-state index is 5.82. The summed E-state index contributed by atoms with van der Waals surface area (Å²) in [5.74, 6) is 0.786. The molecule has 0 aliphatic heterocycles. The first-order chi connectivity index (χ1) is 9.74. The van der Waals surface area contributed by atoms with Gasteiger partial charge in [-0.3, -0.25) is 0 Å². The van der Waals surface area contributed by atoms with Crippen molar-refractivity contribution in [2.24, 2.45) is 0 Å². The van der Waals surface area contributed by atoms with Crippen LogP contribution < -0.4 is 10.1 Å². The number of ether oxygens (including phenoxy) is 1. The molecule has 0 aromatic carbocycles. The Hall–Kier alpha value is -1.09. The molecule has 0 radical (unpaired) electrons. The molecule has 3 heteroatoms. The summed E-state index contributed by atoms with van der Waals surface area (Å²) in [4.78, 5) is 4.34. The van der Waals surface area contributed by atoms with E-state index in [0.29, 0.717) is 6.04 Å². The van der Waals surface area contributed by atoms with Crippen molar-refractivity contribution in [3.8, 4) is 5.88 Å². The lowest BCUT2D eigenvalue weighted by Gasteiger charge is -2.12. The van der Waals surface area contributed by atoms with E-state index in [-0.39, 0.29) is 0 Å². The molecule has 0 saturated heterocycles. The summed E-state index contributed by atoms with van der Waals surface area (Å²) in [5.41, 5.74) is 1.15.